The molecule has 0 aliphatic carbocycles. The molecule has 4 heteroatoms. The fourth-order valence-corrected chi connectivity index (χ4v) is 6.52. The standard InChI is InChI=1S/C36H20BNO2/c37-36-28(38-26-14-4-1-9-21(26)22-10-2-5-15-27(22)38)19-20-32-35(36)34-24(13-8-18-31(34)40-32)23-12-7-17-30-33(23)25-11-3-6-16-29(25)39-30/h1-20H. The number of benzene rings is 6. The molecule has 0 aliphatic rings. The number of furan rings is 2. The van der Waals surface area contributed by atoms with Crippen LogP contribution in [0, 0.1) is 0 Å². The quantitative estimate of drug-likeness (QED) is 0.218. The van der Waals surface area contributed by atoms with Crippen LogP contribution in [0.5, 0.6) is 0 Å². The molecule has 2 radical (unpaired) electrons. The highest BCUT2D eigenvalue weighted by Gasteiger charge is 2.21. The molecule has 9 aromatic rings. The van der Waals surface area contributed by atoms with E-state index in [0.717, 1.165) is 71.7 Å². The van der Waals surface area contributed by atoms with E-state index in [9.17, 15) is 0 Å². The van der Waals surface area contributed by atoms with Gasteiger partial charge in [0, 0.05) is 38.0 Å². The third-order valence-electron chi connectivity index (χ3n) is 8.19. The molecule has 0 unspecified atom stereocenters. The highest BCUT2D eigenvalue weighted by atomic mass is 16.3. The minimum absolute atomic E-state index is 0.694. The van der Waals surface area contributed by atoms with Crippen molar-refractivity contribution in [2.45, 2.75) is 0 Å². The zero-order chi connectivity index (χ0) is 26.4. The van der Waals surface area contributed by atoms with Crippen molar-refractivity contribution >= 4 is 79.0 Å². The molecule has 6 aromatic carbocycles. The van der Waals surface area contributed by atoms with Gasteiger partial charge in [-0.2, -0.15) is 0 Å². The van der Waals surface area contributed by atoms with Gasteiger partial charge in [-0.3, -0.25) is 0 Å². The lowest BCUT2D eigenvalue weighted by molar-refractivity contribution is 0.668. The van der Waals surface area contributed by atoms with E-state index in [0.29, 0.717) is 5.46 Å². The highest BCUT2D eigenvalue weighted by molar-refractivity contribution is 6.44. The third-order valence-corrected chi connectivity index (χ3v) is 8.19. The number of fused-ring (bicyclic) bond motifs is 9. The molecule has 3 aromatic heterocycles. The van der Waals surface area contributed by atoms with Crippen molar-refractivity contribution in [1.82, 2.24) is 4.57 Å². The first-order valence-electron chi connectivity index (χ1n) is 13.4. The maximum Gasteiger partial charge on any atom is 0.136 e. The Bertz CT molecular complexity index is 2400. The van der Waals surface area contributed by atoms with Crippen LogP contribution in [-0.4, -0.2) is 12.4 Å². The second kappa shape index (κ2) is 7.90. The Hall–Kier alpha value is -5.22. The first-order valence-corrected chi connectivity index (χ1v) is 13.4. The summed E-state index contributed by atoms with van der Waals surface area (Å²) >= 11 is 0. The number of hydrogen-bond donors (Lipinski definition) is 0. The van der Waals surface area contributed by atoms with Gasteiger partial charge < -0.3 is 13.4 Å². The van der Waals surface area contributed by atoms with Crippen LogP contribution in [0.15, 0.2) is 130 Å². The normalized spacial score (nSPS) is 12.1. The monoisotopic (exact) mass is 509 g/mol. The predicted octanol–water partition coefficient (Wildman–Crippen LogP) is 9.04. The highest BCUT2D eigenvalue weighted by Crippen LogP contribution is 2.42. The van der Waals surface area contributed by atoms with Crippen LogP contribution in [0.3, 0.4) is 0 Å². The largest absolute Gasteiger partial charge is 0.456 e. The van der Waals surface area contributed by atoms with E-state index in [1.165, 1.54) is 10.8 Å². The lowest BCUT2D eigenvalue weighted by Crippen LogP contribution is -2.13. The second-order valence-electron chi connectivity index (χ2n) is 10.3. The molecule has 3 nitrogen and oxygen atoms in total. The molecule has 0 atom stereocenters. The smallest absolute Gasteiger partial charge is 0.136 e. The maximum atomic E-state index is 7.13. The molecule has 0 spiro atoms. The molecule has 184 valence electrons. The van der Waals surface area contributed by atoms with Gasteiger partial charge in [0.05, 0.1) is 11.0 Å². The topological polar surface area (TPSA) is 31.2 Å². The van der Waals surface area contributed by atoms with Gasteiger partial charge >= 0.3 is 0 Å². The lowest BCUT2D eigenvalue weighted by Gasteiger charge is -2.13. The second-order valence-corrected chi connectivity index (χ2v) is 10.3. The summed E-state index contributed by atoms with van der Waals surface area (Å²) in [7, 11) is 7.13. The van der Waals surface area contributed by atoms with Crippen molar-refractivity contribution in [2.24, 2.45) is 0 Å². The Morgan fingerprint density at radius 1 is 0.425 bits per heavy atom. The van der Waals surface area contributed by atoms with Crippen molar-refractivity contribution in [3.05, 3.63) is 121 Å². The summed E-state index contributed by atoms with van der Waals surface area (Å²) in [6.07, 6.45) is 0. The summed E-state index contributed by atoms with van der Waals surface area (Å²) in [6, 6.07) is 41.7. The fraction of sp³-hybridized carbons (Fsp3) is 0. The van der Waals surface area contributed by atoms with Crippen LogP contribution in [0.2, 0.25) is 0 Å². The van der Waals surface area contributed by atoms with Crippen molar-refractivity contribution in [2.75, 3.05) is 0 Å². The lowest BCUT2D eigenvalue weighted by atomic mass is 9.86. The van der Waals surface area contributed by atoms with Crippen molar-refractivity contribution in [1.29, 1.82) is 0 Å². The molecule has 3 heterocycles. The van der Waals surface area contributed by atoms with Crippen molar-refractivity contribution in [3.63, 3.8) is 0 Å². The number of aromatic nitrogens is 1. The van der Waals surface area contributed by atoms with E-state index in [1.54, 1.807) is 0 Å². The average Bonchev–Trinajstić information content (AvgIpc) is 3.67. The van der Waals surface area contributed by atoms with Crippen LogP contribution in [-0.2, 0) is 0 Å². The molecule has 0 amide bonds. The molecule has 9 rings (SSSR count). The summed E-state index contributed by atoms with van der Waals surface area (Å²) in [6.45, 7) is 0. The van der Waals surface area contributed by atoms with Gasteiger partial charge in [-0.15, -0.1) is 0 Å². The maximum absolute atomic E-state index is 7.13. The van der Waals surface area contributed by atoms with Crippen LogP contribution in [0.4, 0.5) is 0 Å². The minimum Gasteiger partial charge on any atom is -0.456 e. The summed E-state index contributed by atoms with van der Waals surface area (Å²) in [4.78, 5) is 0. The Kier molecular flexibility index (Phi) is 4.29. The van der Waals surface area contributed by atoms with Crippen LogP contribution >= 0.6 is 0 Å². The van der Waals surface area contributed by atoms with Gasteiger partial charge in [0.25, 0.3) is 0 Å². The molecule has 0 bridgehead atoms. The zero-order valence-electron chi connectivity index (χ0n) is 21.4. The molecule has 0 saturated heterocycles. The Morgan fingerprint density at radius 2 is 0.950 bits per heavy atom. The molecular weight excluding hydrogens is 489 g/mol. The summed E-state index contributed by atoms with van der Waals surface area (Å²) in [5.41, 5.74) is 9.36. The van der Waals surface area contributed by atoms with Gasteiger partial charge in [-0.1, -0.05) is 84.3 Å². The predicted molar refractivity (Wildman–Crippen MR) is 166 cm³/mol. The van der Waals surface area contributed by atoms with Crippen LogP contribution in [0.1, 0.15) is 0 Å². The molecule has 40 heavy (non-hydrogen) atoms. The molecule has 0 N–H and O–H groups in total. The van der Waals surface area contributed by atoms with Gasteiger partial charge in [0.15, 0.2) is 0 Å². The summed E-state index contributed by atoms with van der Waals surface area (Å²) in [5.74, 6) is 0. The number of para-hydroxylation sites is 3. The molecule has 0 fully saturated rings. The van der Waals surface area contributed by atoms with Gasteiger partial charge in [0.2, 0.25) is 0 Å². The van der Waals surface area contributed by atoms with E-state index in [-0.39, 0.29) is 0 Å². The fourth-order valence-electron chi connectivity index (χ4n) is 6.52. The number of hydrogen-bond acceptors (Lipinski definition) is 2. The Morgan fingerprint density at radius 3 is 1.68 bits per heavy atom. The Labute approximate surface area is 230 Å². The first-order chi connectivity index (χ1) is 19.8. The molecule has 0 saturated carbocycles. The van der Waals surface area contributed by atoms with E-state index >= 15 is 0 Å². The number of rotatable bonds is 2. The van der Waals surface area contributed by atoms with Gasteiger partial charge in [-0.05, 0) is 53.6 Å². The zero-order valence-corrected chi connectivity index (χ0v) is 21.4. The van der Waals surface area contributed by atoms with E-state index in [2.05, 4.69) is 83.4 Å². The Balaban J connectivity index is 1.41. The average molecular weight is 509 g/mol. The molecule has 0 aliphatic heterocycles. The van der Waals surface area contributed by atoms with E-state index < -0.39 is 0 Å². The van der Waals surface area contributed by atoms with Gasteiger partial charge in [0.1, 0.15) is 30.2 Å². The number of nitrogens with zero attached hydrogens (tertiary/aromatic N) is 1. The minimum atomic E-state index is 0.694. The first kappa shape index (κ1) is 21.7. The third kappa shape index (κ3) is 2.80. The van der Waals surface area contributed by atoms with Crippen molar-refractivity contribution < 1.29 is 8.83 Å². The SMILES string of the molecule is [B]c1c(-n2c3ccccc3c3ccccc32)ccc2oc3cccc(-c4cccc5oc6ccccc6c45)c3c12. The summed E-state index contributed by atoms with van der Waals surface area (Å²) in [5, 5.41) is 6.53. The van der Waals surface area contributed by atoms with E-state index in [4.69, 9.17) is 16.7 Å². The van der Waals surface area contributed by atoms with Gasteiger partial charge in [-0.25, -0.2) is 0 Å². The summed E-state index contributed by atoms with van der Waals surface area (Å²) < 4.78 is 14.9. The van der Waals surface area contributed by atoms with Crippen LogP contribution in [0.25, 0.3) is 82.5 Å². The van der Waals surface area contributed by atoms with Crippen LogP contribution < -0.4 is 5.46 Å². The van der Waals surface area contributed by atoms with Crippen molar-refractivity contribution in [3.8, 4) is 16.8 Å². The van der Waals surface area contributed by atoms with E-state index in [1.807, 2.05) is 42.5 Å². The molecular formula is C36H20BNO2.